The Morgan fingerprint density at radius 1 is 0.889 bits per heavy atom. The fraction of sp³-hybridized carbons (Fsp3) is 0.257. The van der Waals surface area contributed by atoms with Crippen LogP contribution in [0.5, 0.6) is 5.75 Å². The third-order valence-corrected chi connectivity index (χ3v) is 9.35. The summed E-state index contributed by atoms with van der Waals surface area (Å²) in [7, 11) is -2.64. The highest BCUT2D eigenvalue weighted by Crippen LogP contribution is 2.27. The third-order valence-electron chi connectivity index (χ3n) is 7.31. The third kappa shape index (κ3) is 8.86. The molecular weight excluding hydrogens is 610 g/mol. The van der Waals surface area contributed by atoms with Crippen LogP contribution in [0.25, 0.3) is 0 Å². The number of amides is 2. The van der Waals surface area contributed by atoms with E-state index in [9.17, 15) is 18.0 Å². The van der Waals surface area contributed by atoms with Gasteiger partial charge in [-0.3, -0.25) is 13.9 Å². The van der Waals surface area contributed by atoms with Gasteiger partial charge in [-0.05, 0) is 73.0 Å². The molecule has 45 heavy (non-hydrogen) atoms. The second-order valence-corrected chi connectivity index (χ2v) is 13.0. The Balaban J connectivity index is 1.80. The number of nitrogens with zero attached hydrogens (tertiary/aromatic N) is 2. The lowest BCUT2D eigenvalue weighted by atomic mass is 10.0. The summed E-state index contributed by atoms with van der Waals surface area (Å²) in [6.45, 7) is 3.75. The zero-order valence-corrected chi connectivity index (χ0v) is 27.2. The molecule has 1 atom stereocenters. The van der Waals surface area contributed by atoms with Crippen LogP contribution in [0, 0.1) is 6.92 Å². The van der Waals surface area contributed by atoms with Crippen molar-refractivity contribution in [1.82, 2.24) is 10.2 Å². The summed E-state index contributed by atoms with van der Waals surface area (Å²) in [6, 6.07) is 28.5. The molecule has 1 unspecified atom stereocenters. The van der Waals surface area contributed by atoms with Crippen molar-refractivity contribution in [2.24, 2.45) is 0 Å². The van der Waals surface area contributed by atoms with Crippen molar-refractivity contribution in [3.8, 4) is 5.75 Å². The van der Waals surface area contributed by atoms with Crippen molar-refractivity contribution >= 4 is 39.1 Å². The van der Waals surface area contributed by atoms with Crippen LogP contribution >= 0.6 is 11.6 Å². The Hall–Kier alpha value is -4.34. The molecule has 0 spiro atoms. The molecule has 0 saturated carbocycles. The fourth-order valence-corrected chi connectivity index (χ4v) is 6.40. The molecule has 4 aromatic rings. The Morgan fingerprint density at radius 2 is 1.56 bits per heavy atom. The van der Waals surface area contributed by atoms with E-state index in [1.807, 2.05) is 56.3 Å². The molecule has 0 radical (unpaired) electrons. The molecule has 2 amide bonds. The topological polar surface area (TPSA) is 96.0 Å². The second-order valence-electron chi connectivity index (χ2n) is 10.7. The molecule has 4 aromatic carbocycles. The van der Waals surface area contributed by atoms with Crippen molar-refractivity contribution < 1.29 is 22.7 Å². The average molecular weight is 648 g/mol. The lowest BCUT2D eigenvalue weighted by Gasteiger charge is -2.34. The van der Waals surface area contributed by atoms with Gasteiger partial charge in [0.15, 0.2) is 0 Å². The van der Waals surface area contributed by atoms with Gasteiger partial charge in [0.25, 0.3) is 10.0 Å². The number of carbonyl (C=O) groups excluding carboxylic acids is 2. The normalized spacial score (nSPS) is 11.8. The van der Waals surface area contributed by atoms with Gasteiger partial charge in [-0.2, -0.15) is 0 Å². The van der Waals surface area contributed by atoms with Gasteiger partial charge in [0, 0.05) is 24.5 Å². The summed E-state index contributed by atoms with van der Waals surface area (Å²) in [5.41, 5.74) is 2.75. The first kappa shape index (κ1) is 33.6. The van der Waals surface area contributed by atoms with Crippen LogP contribution in [0.15, 0.2) is 108 Å². The maximum absolute atomic E-state index is 14.5. The van der Waals surface area contributed by atoms with Crippen molar-refractivity contribution in [2.45, 2.75) is 44.2 Å². The number of hydrogen-bond donors (Lipinski definition) is 1. The van der Waals surface area contributed by atoms with Crippen LogP contribution in [-0.2, 0) is 32.6 Å². The number of carbonyl (C=O) groups is 2. The minimum Gasteiger partial charge on any atom is -0.497 e. The second kappa shape index (κ2) is 15.6. The van der Waals surface area contributed by atoms with Gasteiger partial charge < -0.3 is 15.0 Å². The largest absolute Gasteiger partial charge is 0.497 e. The Labute approximate surface area is 270 Å². The number of methoxy groups -OCH3 is 1. The molecule has 4 rings (SSSR count). The number of ether oxygens (including phenoxy) is 1. The van der Waals surface area contributed by atoms with Crippen LogP contribution in [0.1, 0.15) is 30.0 Å². The minimum absolute atomic E-state index is 0.0386. The summed E-state index contributed by atoms with van der Waals surface area (Å²) < 4.78 is 34.7. The van der Waals surface area contributed by atoms with Gasteiger partial charge >= 0.3 is 0 Å². The van der Waals surface area contributed by atoms with Gasteiger partial charge in [0.1, 0.15) is 18.3 Å². The highest BCUT2D eigenvalue weighted by Gasteiger charge is 2.34. The number of nitrogens with one attached hydrogen (secondary N) is 1. The van der Waals surface area contributed by atoms with Gasteiger partial charge in [-0.15, -0.1) is 0 Å². The van der Waals surface area contributed by atoms with Crippen LogP contribution in [0.2, 0.25) is 5.02 Å². The van der Waals surface area contributed by atoms with E-state index < -0.39 is 28.5 Å². The van der Waals surface area contributed by atoms with E-state index in [1.165, 1.54) is 17.0 Å². The van der Waals surface area contributed by atoms with Gasteiger partial charge in [-0.1, -0.05) is 78.7 Å². The monoisotopic (exact) mass is 647 g/mol. The zero-order chi connectivity index (χ0) is 32.4. The maximum atomic E-state index is 14.5. The molecule has 10 heteroatoms. The molecule has 0 bridgehead atoms. The van der Waals surface area contributed by atoms with Gasteiger partial charge in [0.05, 0.1) is 17.7 Å². The van der Waals surface area contributed by atoms with E-state index in [4.69, 9.17) is 16.3 Å². The molecule has 0 heterocycles. The SMILES string of the molecule is CCCNC(=O)C(Cc1ccccc1)N(Cc1cccc(OC)c1)C(=O)CN(c1ccc(Cl)cc1)S(=O)(=O)c1ccc(C)cc1. The number of benzene rings is 4. The number of aryl methyl sites for hydroxylation is 1. The van der Waals surface area contributed by atoms with Crippen molar-refractivity contribution in [3.05, 3.63) is 125 Å². The van der Waals surface area contributed by atoms with Crippen LogP contribution in [-0.4, -0.2) is 51.4 Å². The molecule has 0 aliphatic rings. The summed E-state index contributed by atoms with van der Waals surface area (Å²) in [5.74, 6) is -0.271. The van der Waals surface area contributed by atoms with E-state index in [1.54, 1.807) is 55.6 Å². The maximum Gasteiger partial charge on any atom is 0.264 e. The van der Waals surface area contributed by atoms with E-state index >= 15 is 0 Å². The van der Waals surface area contributed by atoms with Crippen molar-refractivity contribution in [3.63, 3.8) is 0 Å². The lowest BCUT2D eigenvalue weighted by molar-refractivity contribution is -0.140. The highest BCUT2D eigenvalue weighted by molar-refractivity contribution is 7.92. The van der Waals surface area contributed by atoms with E-state index in [0.717, 1.165) is 21.0 Å². The van der Waals surface area contributed by atoms with Gasteiger partial charge in [0.2, 0.25) is 11.8 Å². The predicted molar refractivity (Wildman–Crippen MR) is 178 cm³/mol. The fourth-order valence-electron chi connectivity index (χ4n) is 4.86. The molecule has 0 fully saturated rings. The van der Waals surface area contributed by atoms with Crippen LogP contribution in [0.4, 0.5) is 5.69 Å². The van der Waals surface area contributed by atoms with E-state index in [-0.39, 0.29) is 29.5 Å². The Bertz CT molecular complexity index is 1680. The van der Waals surface area contributed by atoms with Crippen molar-refractivity contribution in [1.29, 1.82) is 0 Å². The highest BCUT2D eigenvalue weighted by atomic mass is 35.5. The Kier molecular flexibility index (Phi) is 11.6. The molecule has 0 aliphatic heterocycles. The molecule has 8 nitrogen and oxygen atoms in total. The number of anilines is 1. The summed E-state index contributed by atoms with van der Waals surface area (Å²) in [5, 5.41) is 3.37. The molecule has 236 valence electrons. The standard InChI is InChI=1S/C35H38ClN3O5S/c1-4-21-37-35(41)33(23-27-9-6-5-7-10-27)38(24-28-11-8-12-31(22-28)44-3)34(40)25-39(30-17-15-29(36)16-18-30)45(42,43)32-19-13-26(2)14-20-32/h5-20,22,33H,4,21,23-25H2,1-3H3,(H,37,41). The first-order valence-corrected chi connectivity index (χ1v) is 16.5. The number of hydrogen-bond acceptors (Lipinski definition) is 5. The molecule has 0 aliphatic carbocycles. The molecule has 0 saturated heterocycles. The van der Waals surface area contributed by atoms with E-state index in [0.29, 0.717) is 23.7 Å². The number of halogens is 1. The summed E-state index contributed by atoms with van der Waals surface area (Å²) >= 11 is 6.13. The summed E-state index contributed by atoms with van der Waals surface area (Å²) in [4.78, 5) is 29.7. The molecular formula is C35H38ClN3O5S. The first-order valence-electron chi connectivity index (χ1n) is 14.7. The average Bonchev–Trinajstić information content (AvgIpc) is 3.05. The predicted octanol–water partition coefficient (Wildman–Crippen LogP) is 6.02. The first-order chi connectivity index (χ1) is 21.6. The van der Waals surface area contributed by atoms with E-state index in [2.05, 4.69) is 5.32 Å². The molecule has 0 aromatic heterocycles. The zero-order valence-electron chi connectivity index (χ0n) is 25.6. The minimum atomic E-state index is -4.19. The van der Waals surface area contributed by atoms with Crippen molar-refractivity contribution in [2.75, 3.05) is 24.5 Å². The van der Waals surface area contributed by atoms with Gasteiger partial charge in [-0.25, -0.2) is 8.42 Å². The smallest absolute Gasteiger partial charge is 0.264 e. The van der Waals surface area contributed by atoms with Crippen LogP contribution in [0.3, 0.4) is 0 Å². The quantitative estimate of drug-likeness (QED) is 0.181. The van der Waals surface area contributed by atoms with Crippen LogP contribution < -0.4 is 14.4 Å². The summed E-state index contributed by atoms with van der Waals surface area (Å²) in [6.07, 6.45) is 0.949. The molecule has 1 N–H and O–H groups in total. The number of rotatable bonds is 14. The Morgan fingerprint density at radius 3 is 2.20 bits per heavy atom. The lowest BCUT2D eigenvalue weighted by Crippen LogP contribution is -2.53. The number of sulfonamides is 1.